The molecule has 0 N–H and O–H groups in total. The molecule has 2 heterocycles. The van der Waals surface area contributed by atoms with Crippen molar-refractivity contribution in [3.63, 3.8) is 0 Å². The molecule has 0 saturated carbocycles. The van der Waals surface area contributed by atoms with Crippen LogP contribution in [-0.4, -0.2) is 32.9 Å². The Kier molecular flexibility index (Phi) is 8.73. The highest BCUT2D eigenvalue weighted by molar-refractivity contribution is 6.66. The first-order valence-electron chi connectivity index (χ1n) is 11.6. The third-order valence-electron chi connectivity index (χ3n) is 5.62. The Morgan fingerprint density at radius 2 is 1.75 bits per heavy atom. The van der Waals surface area contributed by atoms with Gasteiger partial charge in [-0.05, 0) is 63.2 Å². The Hall–Kier alpha value is -2.35. The highest BCUT2D eigenvalue weighted by atomic mass is 28.4. The van der Waals surface area contributed by atoms with Crippen molar-refractivity contribution in [2.24, 2.45) is 7.05 Å². The third-order valence-corrected chi connectivity index (χ3v) is 8.68. The van der Waals surface area contributed by atoms with E-state index in [9.17, 15) is 4.79 Å². The maximum atomic E-state index is 12.5. The Morgan fingerprint density at radius 1 is 1.00 bits per heavy atom. The maximum Gasteiger partial charge on any atom is 0.345 e. The predicted octanol–water partition coefficient (Wildman–Crippen LogP) is 5.88. The van der Waals surface area contributed by atoms with Crippen LogP contribution in [0.1, 0.15) is 39.5 Å². The van der Waals surface area contributed by atoms with E-state index in [1.165, 1.54) is 0 Å². The molecule has 0 bridgehead atoms. The molecule has 32 heavy (non-hydrogen) atoms. The van der Waals surface area contributed by atoms with Gasteiger partial charge in [-0.3, -0.25) is 0 Å². The van der Waals surface area contributed by atoms with Crippen LogP contribution in [0.4, 0.5) is 0 Å². The fourth-order valence-electron chi connectivity index (χ4n) is 3.99. The lowest BCUT2D eigenvalue weighted by molar-refractivity contribution is 0.188. The first kappa shape index (κ1) is 24.3. The minimum atomic E-state index is -1.99. The molecular weight excluding hydrogens is 422 g/mol. The van der Waals surface area contributed by atoms with Gasteiger partial charge in [0.15, 0.2) is 0 Å². The molecule has 0 unspecified atom stereocenters. The summed E-state index contributed by atoms with van der Waals surface area (Å²) < 4.78 is 25.2. The van der Waals surface area contributed by atoms with Crippen LogP contribution in [0.3, 0.4) is 0 Å². The molecule has 0 fully saturated rings. The predicted molar refractivity (Wildman–Crippen MR) is 131 cm³/mol. The van der Waals surface area contributed by atoms with Crippen LogP contribution < -0.4 is 10.4 Å². The standard InChI is InChI=1S/C25H35NO5Si/c1-5-29-32(4,30-6-2)17-10-8-7-9-16-28-21-14-13-20-18-22(23-12-11-15-26(23)3)25(27)31-24(20)19-21/h11-15,18-19H,5-10,16-17H2,1-4H3. The van der Waals surface area contributed by atoms with E-state index in [0.29, 0.717) is 17.8 Å². The summed E-state index contributed by atoms with van der Waals surface area (Å²) >= 11 is 0. The van der Waals surface area contributed by atoms with E-state index in [-0.39, 0.29) is 5.63 Å². The molecule has 3 rings (SSSR count). The number of rotatable bonds is 13. The molecule has 0 saturated heterocycles. The molecule has 0 radical (unpaired) electrons. The summed E-state index contributed by atoms with van der Waals surface area (Å²) in [6.45, 7) is 8.29. The molecule has 7 heteroatoms. The van der Waals surface area contributed by atoms with Crippen LogP contribution in [0.5, 0.6) is 5.75 Å². The zero-order chi connectivity index (χ0) is 23.0. The molecule has 174 valence electrons. The molecule has 0 aliphatic rings. The van der Waals surface area contributed by atoms with Gasteiger partial charge in [0.05, 0.1) is 17.9 Å². The molecule has 0 atom stereocenters. The molecule has 0 amide bonds. The largest absolute Gasteiger partial charge is 0.493 e. The average Bonchev–Trinajstić information content (AvgIpc) is 3.18. The van der Waals surface area contributed by atoms with E-state index in [4.69, 9.17) is 18.0 Å². The minimum Gasteiger partial charge on any atom is -0.493 e. The van der Waals surface area contributed by atoms with Crippen LogP contribution >= 0.6 is 0 Å². The Labute approximate surface area is 191 Å². The molecule has 0 aliphatic heterocycles. The van der Waals surface area contributed by atoms with E-state index in [1.54, 1.807) is 6.07 Å². The van der Waals surface area contributed by atoms with Gasteiger partial charge in [-0.2, -0.15) is 0 Å². The second kappa shape index (κ2) is 11.5. The van der Waals surface area contributed by atoms with Gasteiger partial charge in [0.1, 0.15) is 11.3 Å². The fraction of sp³-hybridized carbons (Fsp3) is 0.480. The van der Waals surface area contributed by atoms with Gasteiger partial charge in [-0.1, -0.05) is 19.3 Å². The Morgan fingerprint density at radius 3 is 2.44 bits per heavy atom. The first-order valence-corrected chi connectivity index (χ1v) is 14.1. The van der Waals surface area contributed by atoms with Crippen LogP contribution in [0, 0.1) is 0 Å². The van der Waals surface area contributed by atoms with Crippen molar-refractivity contribution in [3.8, 4) is 17.0 Å². The second-order valence-electron chi connectivity index (χ2n) is 8.16. The lowest BCUT2D eigenvalue weighted by Crippen LogP contribution is -2.38. The summed E-state index contributed by atoms with van der Waals surface area (Å²) in [4.78, 5) is 12.5. The average molecular weight is 458 g/mol. The number of aromatic nitrogens is 1. The highest BCUT2D eigenvalue weighted by Crippen LogP contribution is 2.25. The maximum absolute atomic E-state index is 12.5. The summed E-state index contributed by atoms with van der Waals surface area (Å²) in [7, 11) is -0.0838. The van der Waals surface area contributed by atoms with Gasteiger partial charge in [-0.15, -0.1) is 0 Å². The number of hydrogen-bond acceptors (Lipinski definition) is 5. The Balaban J connectivity index is 1.48. The summed E-state index contributed by atoms with van der Waals surface area (Å²) in [5.74, 6) is 0.722. The van der Waals surface area contributed by atoms with Crippen LogP contribution in [0.15, 0.2) is 51.8 Å². The second-order valence-corrected chi connectivity index (χ2v) is 11.5. The molecule has 6 nitrogen and oxygen atoms in total. The molecule has 1 aromatic carbocycles. The summed E-state index contributed by atoms with van der Waals surface area (Å²) in [5, 5.41) is 0.879. The van der Waals surface area contributed by atoms with Crippen LogP contribution in [-0.2, 0) is 15.9 Å². The van der Waals surface area contributed by atoms with Crippen molar-refractivity contribution in [1.82, 2.24) is 4.57 Å². The van der Waals surface area contributed by atoms with Gasteiger partial charge in [0, 0.05) is 37.9 Å². The summed E-state index contributed by atoms with van der Waals surface area (Å²) in [6.07, 6.45) is 6.25. The van der Waals surface area contributed by atoms with Gasteiger partial charge >= 0.3 is 14.2 Å². The number of ether oxygens (including phenoxy) is 1. The van der Waals surface area contributed by atoms with E-state index in [2.05, 4.69) is 6.55 Å². The highest BCUT2D eigenvalue weighted by Gasteiger charge is 2.29. The lowest BCUT2D eigenvalue weighted by Gasteiger charge is -2.25. The first-order chi connectivity index (χ1) is 15.5. The quantitative estimate of drug-likeness (QED) is 0.182. The van der Waals surface area contributed by atoms with Gasteiger partial charge < -0.3 is 22.6 Å². The van der Waals surface area contributed by atoms with E-state index < -0.39 is 8.56 Å². The van der Waals surface area contributed by atoms with E-state index in [1.807, 2.05) is 62.0 Å². The Bertz CT molecular complexity index is 1050. The summed E-state index contributed by atoms with van der Waals surface area (Å²) in [6, 6.07) is 12.4. The monoisotopic (exact) mass is 457 g/mol. The zero-order valence-corrected chi connectivity index (χ0v) is 20.7. The molecule has 0 aliphatic carbocycles. The number of fused-ring (bicyclic) bond motifs is 1. The molecule has 3 aromatic rings. The van der Waals surface area contributed by atoms with Crippen molar-refractivity contribution in [2.45, 2.75) is 52.1 Å². The van der Waals surface area contributed by atoms with Crippen molar-refractivity contribution in [3.05, 3.63) is 53.0 Å². The van der Waals surface area contributed by atoms with E-state index >= 15 is 0 Å². The topological polar surface area (TPSA) is 62.8 Å². The number of benzene rings is 1. The van der Waals surface area contributed by atoms with Crippen LogP contribution in [0.25, 0.3) is 22.2 Å². The fourth-order valence-corrected chi connectivity index (χ4v) is 6.47. The number of hydrogen-bond donors (Lipinski definition) is 0. The normalized spacial score (nSPS) is 11.9. The lowest BCUT2D eigenvalue weighted by atomic mass is 10.1. The SMILES string of the molecule is CCO[Si](C)(CCCCCCOc1ccc2cc(-c3cccn3C)c(=O)oc2c1)OCC. The number of nitrogens with zero attached hydrogens (tertiary/aromatic N) is 1. The molecular formula is C25H35NO5Si. The van der Waals surface area contributed by atoms with Crippen molar-refractivity contribution in [1.29, 1.82) is 0 Å². The van der Waals surface area contributed by atoms with Crippen LogP contribution in [0.2, 0.25) is 12.6 Å². The van der Waals surface area contributed by atoms with Crippen molar-refractivity contribution >= 4 is 19.5 Å². The van der Waals surface area contributed by atoms with Gasteiger partial charge in [0.25, 0.3) is 0 Å². The number of aryl methyl sites for hydroxylation is 1. The summed E-state index contributed by atoms with van der Waals surface area (Å²) in [5.41, 5.74) is 1.60. The molecule has 0 spiro atoms. The molecule has 2 aromatic heterocycles. The minimum absolute atomic E-state index is 0.342. The van der Waals surface area contributed by atoms with Gasteiger partial charge in [-0.25, -0.2) is 4.79 Å². The van der Waals surface area contributed by atoms with Crippen molar-refractivity contribution < 1.29 is 18.0 Å². The van der Waals surface area contributed by atoms with Crippen molar-refractivity contribution in [2.75, 3.05) is 19.8 Å². The van der Waals surface area contributed by atoms with Gasteiger partial charge in [0.2, 0.25) is 0 Å². The number of unbranched alkanes of at least 4 members (excludes halogenated alkanes) is 3. The smallest absolute Gasteiger partial charge is 0.345 e. The third kappa shape index (κ3) is 6.34. The van der Waals surface area contributed by atoms with E-state index in [0.717, 1.165) is 61.8 Å². The zero-order valence-electron chi connectivity index (χ0n) is 19.7.